The summed E-state index contributed by atoms with van der Waals surface area (Å²) >= 11 is 6.11. The normalized spacial score (nSPS) is 29.8. The van der Waals surface area contributed by atoms with E-state index in [4.69, 9.17) is 16.1 Å². The van der Waals surface area contributed by atoms with Crippen LogP contribution in [-0.4, -0.2) is 35.7 Å². The second-order valence-electron chi connectivity index (χ2n) is 5.54. The van der Waals surface area contributed by atoms with Gasteiger partial charge >= 0.3 is 0 Å². The van der Waals surface area contributed by atoms with Gasteiger partial charge in [0.25, 0.3) is 0 Å². The Morgan fingerprint density at radius 2 is 2.16 bits per heavy atom. The first-order valence-corrected chi connectivity index (χ1v) is 7.22. The van der Waals surface area contributed by atoms with Crippen molar-refractivity contribution in [3.63, 3.8) is 0 Å². The predicted molar refractivity (Wildman–Crippen MR) is 75.6 cm³/mol. The van der Waals surface area contributed by atoms with E-state index >= 15 is 0 Å². The monoisotopic (exact) mass is 277 g/mol. The summed E-state index contributed by atoms with van der Waals surface area (Å²) < 4.78 is 5.34. The SMILES string of the molecule is Clc1cccc2c(N[C@@H]3CN4CCC3CC4)noc12. The highest BCUT2D eigenvalue weighted by Gasteiger charge is 2.34. The Bertz CT molecular complexity index is 604. The number of rotatable bonds is 2. The molecule has 1 aromatic carbocycles. The first-order valence-electron chi connectivity index (χ1n) is 6.84. The zero-order chi connectivity index (χ0) is 12.8. The van der Waals surface area contributed by atoms with Gasteiger partial charge < -0.3 is 14.7 Å². The number of piperidine rings is 3. The first-order chi connectivity index (χ1) is 9.31. The molecule has 5 heteroatoms. The van der Waals surface area contributed by atoms with E-state index in [1.165, 1.54) is 25.9 Å². The van der Waals surface area contributed by atoms with Gasteiger partial charge in [0.15, 0.2) is 11.4 Å². The molecule has 19 heavy (non-hydrogen) atoms. The number of nitrogens with zero attached hydrogens (tertiary/aromatic N) is 2. The molecule has 2 bridgehead atoms. The highest BCUT2D eigenvalue weighted by Crippen LogP contribution is 2.33. The second kappa shape index (κ2) is 4.39. The minimum absolute atomic E-state index is 0.481. The number of nitrogens with one attached hydrogen (secondary N) is 1. The van der Waals surface area contributed by atoms with Gasteiger partial charge in [-0.25, -0.2) is 0 Å². The van der Waals surface area contributed by atoms with Crippen molar-refractivity contribution in [2.75, 3.05) is 25.0 Å². The van der Waals surface area contributed by atoms with Gasteiger partial charge in [-0.2, -0.15) is 0 Å². The fourth-order valence-corrected chi connectivity index (χ4v) is 3.55. The molecule has 4 nitrogen and oxygen atoms in total. The molecule has 0 spiro atoms. The molecule has 3 aliphatic heterocycles. The molecule has 0 unspecified atom stereocenters. The summed E-state index contributed by atoms with van der Waals surface area (Å²) in [6.45, 7) is 3.60. The highest BCUT2D eigenvalue weighted by molar-refractivity contribution is 6.35. The van der Waals surface area contributed by atoms with Crippen LogP contribution in [0.4, 0.5) is 5.82 Å². The molecule has 2 aromatic rings. The number of hydrogen-bond donors (Lipinski definition) is 1. The van der Waals surface area contributed by atoms with Crippen molar-refractivity contribution >= 4 is 28.4 Å². The Morgan fingerprint density at radius 3 is 2.89 bits per heavy atom. The van der Waals surface area contributed by atoms with E-state index in [1.807, 2.05) is 18.2 Å². The van der Waals surface area contributed by atoms with Crippen LogP contribution in [0.2, 0.25) is 5.02 Å². The summed E-state index contributed by atoms with van der Waals surface area (Å²) in [5.74, 6) is 1.59. The molecule has 1 N–H and O–H groups in total. The predicted octanol–water partition coefficient (Wildman–Crippen LogP) is 2.99. The largest absolute Gasteiger partial charge is 0.362 e. The smallest absolute Gasteiger partial charge is 0.187 e. The average molecular weight is 278 g/mol. The van der Waals surface area contributed by atoms with Crippen molar-refractivity contribution in [1.29, 1.82) is 0 Å². The molecule has 0 aliphatic carbocycles. The highest BCUT2D eigenvalue weighted by atomic mass is 35.5. The standard InChI is InChI=1S/C14H16ClN3O/c15-11-3-1-2-10-13(11)19-17-14(10)16-12-8-18-6-4-9(12)5-7-18/h1-3,9,12H,4-8H2,(H,16,17)/t12-/m1/s1. The quantitative estimate of drug-likeness (QED) is 0.916. The van der Waals surface area contributed by atoms with Crippen molar-refractivity contribution in [3.05, 3.63) is 23.2 Å². The number of benzene rings is 1. The Balaban J connectivity index is 1.63. The molecular formula is C14H16ClN3O. The van der Waals surface area contributed by atoms with Crippen LogP contribution in [0.5, 0.6) is 0 Å². The van der Waals surface area contributed by atoms with E-state index in [-0.39, 0.29) is 0 Å². The maximum absolute atomic E-state index is 6.11. The Morgan fingerprint density at radius 1 is 1.32 bits per heavy atom. The summed E-state index contributed by atoms with van der Waals surface area (Å²) in [5, 5.41) is 9.30. The number of hydrogen-bond acceptors (Lipinski definition) is 4. The molecule has 3 saturated heterocycles. The molecule has 5 rings (SSSR count). The lowest BCUT2D eigenvalue weighted by molar-refractivity contribution is 0.0973. The molecule has 4 heterocycles. The number of para-hydroxylation sites is 1. The van der Waals surface area contributed by atoms with Gasteiger partial charge in [-0.3, -0.25) is 0 Å². The lowest BCUT2D eigenvalue weighted by Crippen LogP contribution is -2.53. The molecule has 1 aromatic heterocycles. The van der Waals surface area contributed by atoms with E-state index < -0.39 is 0 Å². The lowest BCUT2D eigenvalue weighted by atomic mass is 9.84. The van der Waals surface area contributed by atoms with Crippen LogP contribution in [-0.2, 0) is 0 Å². The minimum Gasteiger partial charge on any atom is -0.362 e. The molecule has 3 fully saturated rings. The number of aromatic nitrogens is 1. The van der Waals surface area contributed by atoms with Gasteiger partial charge in [0.05, 0.1) is 10.4 Å². The Labute approximate surface area is 116 Å². The molecule has 0 amide bonds. The summed E-state index contributed by atoms with van der Waals surface area (Å²) in [6, 6.07) is 6.24. The van der Waals surface area contributed by atoms with Crippen LogP contribution in [0, 0.1) is 5.92 Å². The summed E-state index contributed by atoms with van der Waals surface area (Å²) in [5.41, 5.74) is 0.674. The van der Waals surface area contributed by atoms with Crippen LogP contribution < -0.4 is 5.32 Å². The lowest BCUT2D eigenvalue weighted by Gasteiger charge is -2.44. The van der Waals surface area contributed by atoms with Crippen molar-refractivity contribution in [1.82, 2.24) is 10.1 Å². The number of halogens is 1. The van der Waals surface area contributed by atoms with Gasteiger partial charge in [0.2, 0.25) is 0 Å². The van der Waals surface area contributed by atoms with Gasteiger partial charge in [0.1, 0.15) is 0 Å². The zero-order valence-corrected chi connectivity index (χ0v) is 11.4. The van der Waals surface area contributed by atoms with Crippen LogP contribution in [0.15, 0.2) is 22.7 Å². The molecule has 3 aliphatic rings. The van der Waals surface area contributed by atoms with Crippen LogP contribution in [0.3, 0.4) is 0 Å². The number of fused-ring (bicyclic) bond motifs is 4. The average Bonchev–Trinajstić information content (AvgIpc) is 2.85. The van der Waals surface area contributed by atoms with Crippen molar-refractivity contribution in [2.24, 2.45) is 5.92 Å². The minimum atomic E-state index is 0.481. The van der Waals surface area contributed by atoms with Gasteiger partial charge in [-0.1, -0.05) is 22.8 Å². The summed E-state index contributed by atoms with van der Waals surface area (Å²) in [7, 11) is 0. The first kappa shape index (κ1) is 11.6. The fourth-order valence-electron chi connectivity index (χ4n) is 3.34. The maximum atomic E-state index is 6.11. The summed E-state index contributed by atoms with van der Waals surface area (Å²) in [6.07, 6.45) is 2.57. The van der Waals surface area contributed by atoms with Crippen molar-refractivity contribution < 1.29 is 4.52 Å². The third-order valence-corrected chi connectivity index (χ3v) is 4.73. The third kappa shape index (κ3) is 1.90. The number of anilines is 1. The Hall–Kier alpha value is -1.26. The topological polar surface area (TPSA) is 41.3 Å². The van der Waals surface area contributed by atoms with Crippen molar-refractivity contribution in [2.45, 2.75) is 18.9 Å². The van der Waals surface area contributed by atoms with Crippen LogP contribution in [0.25, 0.3) is 11.0 Å². The fraction of sp³-hybridized carbons (Fsp3) is 0.500. The molecular weight excluding hydrogens is 262 g/mol. The molecule has 100 valence electrons. The third-order valence-electron chi connectivity index (χ3n) is 4.43. The molecule has 0 radical (unpaired) electrons. The van der Waals surface area contributed by atoms with Gasteiger partial charge in [-0.05, 0) is 44.0 Å². The van der Waals surface area contributed by atoms with Gasteiger partial charge in [0, 0.05) is 12.6 Å². The van der Waals surface area contributed by atoms with E-state index in [0.717, 1.165) is 23.7 Å². The van der Waals surface area contributed by atoms with E-state index in [1.54, 1.807) is 0 Å². The van der Waals surface area contributed by atoms with Gasteiger partial charge in [-0.15, -0.1) is 0 Å². The zero-order valence-electron chi connectivity index (χ0n) is 10.6. The van der Waals surface area contributed by atoms with Crippen molar-refractivity contribution in [3.8, 4) is 0 Å². The summed E-state index contributed by atoms with van der Waals surface area (Å²) in [4.78, 5) is 2.52. The van der Waals surface area contributed by atoms with E-state index in [0.29, 0.717) is 16.6 Å². The van der Waals surface area contributed by atoms with Crippen LogP contribution in [0.1, 0.15) is 12.8 Å². The molecule has 1 atom stereocenters. The van der Waals surface area contributed by atoms with E-state index in [2.05, 4.69) is 15.4 Å². The van der Waals surface area contributed by atoms with Crippen LogP contribution >= 0.6 is 11.6 Å². The van der Waals surface area contributed by atoms with E-state index in [9.17, 15) is 0 Å². The maximum Gasteiger partial charge on any atom is 0.187 e. The Kier molecular flexibility index (Phi) is 2.67. The second-order valence-corrected chi connectivity index (χ2v) is 5.94. The molecule has 0 saturated carbocycles.